The molecule has 2 heterocycles. The zero-order valence-corrected chi connectivity index (χ0v) is 29.3. The summed E-state index contributed by atoms with van der Waals surface area (Å²) in [5, 5.41) is 24.8. The van der Waals surface area contributed by atoms with Gasteiger partial charge in [0.25, 0.3) is 0 Å². The number of rotatable bonds is 13. The number of imidazole rings is 1. The molecule has 0 aliphatic heterocycles. The first kappa shape index (κ1) is 35.5. The summed E-state index contributed by atoms with van der Waals surface area (Å²) in [7, 11) is 0. The van der Waals surface area contributed by atoms with Gasteiger partial charge in [0.2, 0.25) is 11.4 Å². The zero-order chi connectivity index (χ0) is 36.8. The van der Waals surface area contributed by atoms with Crippen LogP contribution in [0.15, 0.2) is 83.5 Å². The van der Waals surface area contributed by atoms with Gasteiger partial charge in [-0.1, -0.05) is 55.8 Å². The monoisotopic (exact) mass is 705 g/mol. The summed E-state index contributed by atoms with van der Waals surface area (Å²) < 4.78 is 17.8. The average molecular weight is 706 g/mol. The van der Waals surface area contributed by atoms with Crippen molar-refractivity contribution in [1.82, 2.24) is 19.9 Å². The molecule has 0 fully saturated rings. The van der Waals surface area contributed by atoms with E-state index >= 15 is 0 Å². The quantitative estimate of drug-likeness (QED) is 0.0511. The van der Waals surface area contributed by atoms with Crippen LogP contribution >= 0.6 is 0 Å². The summed E-state index contributed by atoms with van der Waals surface area (Å²) in [6.07, 6.45) is 2.18. The molecule has 14 heteroatoms. The summed E-state index contributed by atoms with van der Waals surface area (Å²) in [6, 6.07) is 23.9. The van der Waals surface area contributed by atoms with Crippen molar-refractivity contribution >= 4 is 51.2 Å². The fraction of sp³-hybridized carbons (Fsp3) is 0.289. The number of anilines is 2. The van der Waals surface area contributed by atoms with Gasteiger partial charge < -0.3 is 24.7 Å². The minimum absolute atomic E-state index is 0.0360. The van der Waals surface area contributed by atoms with Gasteiger partial charge in [-0.15, -0.1) is 0 Å². The number of aryl methyl sites for hydroxylation is 1. The molecule has 4 aromatic carbocycles. The first-order chi connectivity index (χ1) is 25.0. The van der Waals surface area contributed by atoms with Gasteiger partial charge in [0.05, 0.1) is 21.6 Å². The molecule has 0 spiro atoms. The second-order valence-electron chi connectivity index (χ2n) is 13.3. The van der Waals surface area contributed by atoms with Gasteiger partial charge in [-0.05, 0) is 79.0 Å². The van der Waals surface area contributed by atoms with Crippen molar-refractivity contribution in [1.29, 1.82) is 0 Å². The molecular weight excluding hydrogens is 666 g/mol. The van der Waals surface area contributed by atoms with Crippen LogP contribution in [0.25, 0.3) is 33.2 Å². The van der Waals surface area contributed by atoms with Crippen LogP contribution in [-0.2, 0) is 22.5 Å². The van der Waals surface area contributed by atoms with E-state index in [0.717, 1.165) is 52.8 Å². The highest BCUT2D eigenvalue weighted by atomic mass is 16.7. The Labute approximate surface area is 299 Å². The van der Waals surface area contributed by atoms with Crippen molar-refractivity contribution in [3.05, 3.63) is 100 Å². The Kier molecular flexibility index (Phi) is 10.4. The maximum absolute atomic E-state index is 13.0. The number of para-hydroxylation sites is 1. The van der Waals surface area contributed by atoms with E-state index in [9.17, 15) is 19.7 Å². The number of nitrogens with one attached hydrogen (secondary N) is 2. The highest BCUT2D eigenvalue weighted by Crippen LogP contribution is 2.32. The summed E-state index contributed by atoms with van der Waals surface area (Å²) in [4.78, 5) is 41.0. The molecule has 0 aliphatic rings. The fourth-order valence-corrected chi connectivity index (χ4v) is 5.76. The number of hydrogen-bond donors (Lipinski definition) is 2. The SMILES string of the molecule is CCCCc1nc2ccc(NC(=O)CCNc3ccc([N+](=O)[O-])c4nonc34)cc2n1Cc1ccc(-c2ccccc2OC(=O)OC(C)(C)C)cc1. The van der Waals surface area contributed by atoms with Crippen LogP contribution in [0.3, 0.4) is 0 Å². The highest BCUT2D eigenvalue weighted by molar-refractivity contribution is 5.95. The molecule has 2 N–H and O–H groups in total. The second kappa shape index (κ2) is 15.3. The average Bonchev–Trinajstić information content (AvgIpc) is 3.72. The molecule has 6 rings (SSSR count). The van der Waals surface area contributed by atoms with Gasteiger partial charge in [-0.25, -0.2) is 14.4 Å². The Morgan fingerprint density at radius 2 is 1.75 bits per heavy atom. The first-order valence-corrected chi connectivity index (χ1v) is 17.0. The molecule has 0 saturated heterocycles. The maximum Gasteiger partial charge on any atom is 0.514 e. The summed E-state index contributed by atoms with van der Waals surface area (Å²) in [5.74, 6) is 1.15. The Bertz CT molecular complexity index is 2240. The van der Waals surface area contributed by atoms with Crippen LogP contribution in [0.2, 0.25) is 0 Å². The molecule has 0 atom stereocenters. The third-order valence-electron chi connectivity index (χ3n) is 8.20. The molecule has 6 aromatic rings. The lowest BCUT2D eigenvalue weighted by molar-refractivity contribution is -0.383. The number of carbonyl (C=O) groups excluding carboxylic acids is 2. The fourth-order valence-electron chi connectivity index (χ4n) is 5.76. The minimum Gasteiger partial charge on any atom is -0.428 e. The zero-order valence-electron chi connectivity index (χ0n) is 29.3. The molecule has 52 heavy (non-hydrogen) atoms. The molecule has 0 saturated carbocycles. The van der Waals surface area contributed by atoms with E-state index < -0.39 is 16.7 Å². The molecule has 1 amide bonds. The molecule has 14 nitrogen and oxygen atoms in total. The van der Waals surface area contributed by atoms with Crippen LogP contribution in [-0.4, -0.2) is 49.0 Å². The van der Waals surface area contributed by atoms with Crippen LogP contribution in [0, 0.1) is 10.1 Å². The van der Waals surface area contributed by atoms with Gasteiger partial charge >= 0.3 is 11.8 Å². The predicted molar refractivity (Wildman–Crippen MR) is 196 cm³/mol. The number of fused-ring (bicyclic) bond motifs is 2. The second-order valence-corrected chi connectivity index (χ2v) is 13.3. The number of hydrogen-bond acceptors (Lipinski definition) is 11. The van der Waals surface area contributed by atoms with Crippen molar-refractivity contribution in [2.24, 2.45) is 0 Å². The van der Waals surface area contributed by atoms with E-state index in [1.807, 2.05) is 60.7 Å². The molecule has 0 radical (unpaired) electrons. The summed E-state index contributed by atoms with van der Waals surface area (Å²) in [5.41, 5.74) is 4.92. The van der Waals surface area contributed by atoms with E-state index in [1.165, 1.54) is 12.1 Å². The van der Waals surface area contributed by atoms with Crippen LogP contribution < -0.4 is 15.4 Å². The van der Waals surface area contributed by atoms with Gasteiger partial charge in [-0.3, -0.25) is 14.9 Å². The maximum atomic E-state index is 13.0. The lowest BCUT2D eigenvalue weighted by atomic mass is 10.0. The Balaban J connectivity index is 1.16. The van der Waals surface area contributed by atoms with Gasteiger partial charge in [0.1, 0.15) is 17.2 Å². The smallest absolute Gasteiger partial charge is 0.428 e. The van der Waals surface area contributed by atoms with Crippen molar-refractivity contribution in [2.75, 3.05) is 17.2 Å². The van der Waals surface area contributed by atoms with Gasteiger partial charge in [-0.2, -0.15) is 0 Å². The lowest BCUT2D eigenvalue weighted by Crippen LogP contribution is -2.26. The Hall–Kier alpha value is -6.31. The van der Waals surface area contributed by atoms with E-state index in [4.69, 9.17) is 19.1 Å². The number of ether oxygens (including phenoxy) is 2. The lowest BCUT2D eigenvalue weighted by Gasteiger charge is -2.19. The number of aromatic nitrogens is 4. The number of nitro groups is 1. The van der Waals surface area contributed by atoms with Crippen LogP contribution in [0.4, 0.5) is 21.9 Å². The number of nitrogens with zero attached hydrogens (tertiary/aromatic N) is 5. The summed E-state index contributed by atoms with van der Waals surface area (Å²) >= 11 is 0. The van der Waals surface area contributed by atoms with E-state index in [1.54, 1.807) is 26.8 Å². The molecule has 0 unspecified atom stereocenters. The number of amides is 1. The van der Waals surface area contributed by atoms with Crippen molar-refractivity contribution < 1.29 is 28.6 Å². The molecule has 0 bridgehead atoms. The van der Waals surface area contributed by atoms with Crippen molar-refractivity contribution in [2.45, 2.75) is 65.5 Å². The van der Waals surface area contributed by atoms with Crippen LogP contribution in [0.1, 0.15) is 58.3 Å². The van der Waals surface area contributed by atoms with Crippen molar-refractivity contribution in [3.8, 4) is 16.9 Å². The number of carbonyl (C=O) groups is 2. The molecule has 0 aliphatic carbocycles. The Morgan fingerprint density at radius 1 is 0.981 bits per heavy atom. The normalized spacial score (nSPS) is 11.5. The summed E-state index contributed by atoms with van der Waals surface area (Å²) in [6.45, 7) is 8.32. The number of unbranched alkanes of at least 4 members (excludes halogenated alkanes) is 1. The van der Waals surface area contributed by atoms with Gasteiger partial charge in [0.15, 0.2) is 5.52 Å². The van der Waals surface area contributed by atoms with Gasteiger partial charge in [0, 0.05) is 43.2 Å². The standard InChI is InChI=1S/C38H39N7O7/c1-5-6-11-33-41-28-17-16-26(40-34(46)20-21-39-29-18-19-30(45(48)49)36-35(29)42-52-43-36)22-31(28)44(33)23-24-12-14-25(15-13-24)27-9-7-8-10-32(27)50-37(47)51-38(2,3)4/h7-10,12-19,22,39H,5-6,11,20-21,23H2,1-4H3,(H,40,46). The number of benzene rings is 4. The highest BCUT2D eigenvalue weighted by Gasteiger charge is 2.21. The number of nitro benzene ring substituents is 1. The Morgan fingerprint density at radius 3 is 2.50 bits per heavy atom. The molecule has 268 valence electrons. The van der Waals surface area contributed by atoms with E-state index in [0.29, 0.717) is 23.7 Å². The molecular formula is C38H39N7O7. The topological polar surface area (TPSA) is 177 Å². The number of non-ortho nitro benzene ring substituents is 1. The first-order valence-electron chi connectivity index (χ1n) is 17.0. The largest absolute Gasteiger partial charge is 0.514 e. The van der Waals surface area contributed by atoms with Crippen LogP contribution in [0.5, 0.6) is 5.75 Å². The molecule has 2 aromatic heterocycles. The van der Waals surface area contributed by atoms with E-state index in [2.05, 4.69) is 32.4 Å². The van der Waals surface area contributed by atoms with Crippen molar-refractivity contribution in [3.63, 3.8) is 0 Å². The minimum atomic E-state index is -0.760. The third-order valence-corrected chi connectivity index (χ3v) is 8.20. The predicted octanol–water partition coefficient (Wildman–Crippen LogP) is 8.29. The van der Waals surface area contributed by atoms with E-state index in [-0.39, 0.29) is 35.6 Å². The third kappa shape index (κ3) is 8.34.